The lowest BCUT2D eigenvalue weighted by molar-refractivity contribution is 0.153. The first kappa shape index (κ1) is 12.6. The normalized spacial score (nSPS) is 11.6. The summed E-state index contributed by atoms with van der Waals surface area (Å²) < 4.78 is 23.4. The Balaban J connectivity index is 2.54. The van der Waals surface area contributed by atoms with Crippen LogP contribution >= 0.6 is 15.9 Å². The molecule has 0 amide bonds. The van der Waals surface area contributed by atoms with Crippen molar-refractivity contribution in [1.29, 1.82) is 0 Å². The molecular formula is C9H12BrNO3S. The van der Waals surface area contributed by atoms with Gasteiger partial charge in [0, 0.05) is 4.47 Å². The zero-order chi connectivity index (χ0) is 11.3. The van der Waals surface area contributed by atoms with Gasteiger partial charge in [0.05, 0.1) is 12.9 Å². The maximum atomic E-state index is 11.2. The lowest BCUT2D eigenvalue weighted by atomic mass is 10.2. The Hall–Kier alpha value is -0.430. The Morgan fingerprint density at radius 2 is 1.93 bits per heavy atom. The maximum absolute atomic E-state index is 11.2. The molecule has 0 aliphatic heterocycles. The lowest BCUT2D eigenvalue weighted by Crippen LogP contribution is -2.26. The van der Waals surface area contributed by atoms with Crippen LogP contribution in [0, 0.1) is 0 Å². The van der Waals surface area contributed by atoms with Crippen LogP contribution in [0.2, 0.25) is 0 Å². The van der Waals surface area contributed by atoms with Gasteiger partial charge in [-0.3, -0.25) is 4.84 Å². The predicted octanol–water partition coefficient (Wildman–Crippen LogP) is 1.47. The topological polar surface area (TPSA) is 55.4 Å². The van der Waals surface area contributed by atoms with E-state index in [9.17, 15) is 8.42 Å². The van der Waals surface area contributed by atoms with Crippen LogP contribution in [0.25, 0.3) is 0 Å². The number of hydrogen-bond acceptors (Lipinski definition) is 3. The fourth-order valence-electron chi connectivity index (χ4n) is 1.07. The van der Waals surface area contributed by atoms with Crippen LogP contribution in [0.3, 0.4) is 0 Å². The number of halogens is 1. The number of sulfonamides is 1. The highest BCUT2D eigenvalue weighted by Gasteiger charge is 2.09. The van der Waals surface area contributed by atoms with Crippen molar-refractivity contribution in [3.63, 3.8) is 0 Å². The largest absolute Gasteiger partial charge is 0.290 e. The molecule has 0 aliphatic rings. The van der Waals surface area contributed by atoms with Crippen molar-refractivity contribution in [2.45, 2.75) is 6.42 Å². The van der Waals surface area contributed by atoms with Crippen LogP contribution in [-0.2, 0) is 21.3 Å². The van der Waals surface area contributed by atoms with Crippen LogP contribution in [0.5, 0.6) is 0 Å². The van der Waals surface area contributed by atoms with Crippen LogP contribution < -0.4 is 4.89 Å². The average molecular weight is 294 g/mol. The predicted molar refractivity (Wildman–Crippen MR) is 61.8 cm³/mol. The van der Waals surface area contributed by atoms with Crippen LogP contribution in [0.4, 0.5) is 0 Å². The molecule has 1 rings (SSSR count). The standard InChI is InChI=1S/C9H12BrNO3S/c1-14-11-15(12,13)7-6-8-2-4-9(10)5-3-8/h2-5,11H,6-7H2,1H3. The highest BCUT2D eigenvalue weighted by molar-refractivity contribution is 9.10. The van der Waals surface area contributed by atoms with E-state index in [0.29, 0.717) is 6.42 Å². The number of benzene rings is 1. The number of rotatable bonds is 5. The summed E-state index contributed by atoms with van der Waals surface area (Å²) in [5.74, 6) is 0.0163. The molecule has 0 saturated heterocycles. The van der Waals surface area contributed by atoms with E-state index in [4.69, 9.17) is 0 Å². The zero-order valence-corrected chi connectivity index (χ0v) is 10.6. The molecule has 4 nitrogen and oxygen atoms in total. The van der Waals surface area contributed by atoms with Gasteiger partial charge in [-0.15, -0.1) is 0 Å². The molecule has 0 radical (unpaired) electrons. The van der Waals surface area contributed by atoms with Crippen molar-refractivity contribution >= 4 is 26.0 Å². The SMILES string of the molecule is CONS(=O)(=O)CCc1ccc(Br)cc1. The molecule has 1 N–H and O–H groups in total. The van der Waals surface area contributed by atoms with Crippen molar-refractivity contribution < 1.29 is 13.3 Å². The van der Waals surface area contributed by atoms with Gasteiger partial charge in [-0.25, -0.2) is 8.42 Å². The van der Waals surface area contributed by atoms with E-state index in [2.05, 4.69) is 20.8 Å². The summed E-state index contributed by atoms with van der Waals surface area (Å²) in [6.45, 7) is 0. The van der Waals surface area contributed by atoms with Gasteiger partial charge in [0.15, 0.2) is 0 Å². The molecule has 1 aromatic rings. The molecule has 0 fully saturated rings. The first-order valence-corrected chi connectivity index (χ1v) is 6.75. The van der Waals surface area contributed by atoms with Crippen molar-refractivity contribution in [3.05, 3.63) is 34.3 Å². The molecule has 15 heavy (non-hydrogen) atoms. The minimum Gasteiger partial charge on any atom is -0.290 e. The molecule has 0 spiro atoms. The fraction of sp³-hybridized carbons (Fsp3) is 0.333. The smallest absolute Gasteiger partial charge is 0.233 e. The van der Waals surface area contributed by atoms with Gasteiger partial charge in [-0.1, -0.05) is 32.9 Å². The summed E-state index contributed by atoms with van der Waals surface area (Å²) in [5.41, 5.74) is 0.972. The summed E-state index contributed by atoms with van der Waals surface area (Å²) in [4.78, 5) is 6.34. The lowest BCUT2D eigenvalue weighted by Gasteiger charge is -2.04. The minimum atomic E-state index is -3.32. The molecule has 0 bridgehead atoms. The van der Waals surface area contributed by atoms with Crippen molar-refractivity contribution in [1.82, 2.24) is 4.89 Å². The molecule has 6 heteroatoms. The van der Waals surface area contributed by atoms with Gasteiger partial charge in [-0.2, -0.15) is 0 Å². The van der Waals surface area contributed by atoms with E-state index in [1.807, 2.05) is 29.2 Å². The molecule has 0 atom stereocenters. The average Bonchev–Trinajstić information content (AvgIpc) is 2.17. The van der Waals surface area contributed by atoms with E-state index in [0.717, 1.165) is 10.0 Å². The fourth-order valence-corrected chi connectivity index (χ4v) is 2.18. The second-order valence-corrected chi connectivity index (χ2v) is 5.70. The van der Waals surface area contributed by atoms with Gasteiger partial charge in [-0.05, 0) is 24.1 Å². The second-order valence-electron chi connectivity index (χ2n) is 2.98. The molecule has 84 valence electrons. The van der Waals surface area contributed by atoms with Gasteiger partial charge in [0.1, 0.15) is 0 Å². The highest BCUT2D eigenvalue weighted by Crippen LogP contribution is 2.11. The third kappa shape index (κ3) is 4.74. The van der Waals surface area contributed by atoms with E-state index in [1.54, 1.807) is 0 Å². The Bertz CT molecular complexity index is 402. The van der Waals surface area contributed by atoms with Crippen molar-refractivity contribution in [3.8, 4) is 0 Å². The summed E-state index contributed by atoms with van der Waals surface area (Å²) in [5, 5.41) is 0. The summed E-state index contributed by atoms with van der Waals surface area (Å²) in [6, 6.07) is 7.52. The van der Waals surface area contributed by atoms with E-state index >= 15 is 0 Å². The first-order valence-electron chi connectivity index (χ1n) is 4.30. The first-order chi connectivity index (χ1) is 7.03. The second kappa shape index (κ2) is 5.60. The molecule has 0 unspecified atom stereocenters. The third-order valence-electron chi connectivity index (χ3n) is 1.78. The molecule has 0 saturated carbocycles. The number of nitrogens with one attached hydrogen (secondary N) is 1. The number of aryl methyl sites for hydroxylation is 1. The monoisotopic (exact) mass is 293 g/mol. The molecular weight excluding hydrogens is 282 g/mol. The van der Waals surface area contributed by atoms with Crippen LogP contribution in [0.1, 0.15) is 5.56 Å². The Morgan fingerprint density at radius 1 is 1.33 bits per heavy atom. The third-order valence-corrected chi connectivity index (χ3v) is 3.47. The Labute approximate surface area is 97.8 Å². The highest BCUT2D eigenvalue weighted by atomic mass is 79.9. The van der Waals surface area contributed by atoms with Gasteiger partial charge >= 0.3 is 0 Å². The Kier molecular flexibility index (Phi) is 4.72. The molecule has 0 heterocycles. The maximum Gasteiger partial charge on any atom is 0.233 e. The molecule has 1 aromatic carbocycles. The van der Waals surface area contributed by atoms with E-state index in [1.165, 1.54) is 7.11 Å². The van der Waals surface area contributed by atoms with Crippen LogP contribution in [0.15, 0.2) is 28.7 Å². The van der Waals surface area contributed by atoms with Gasteiger partial charge < -0.3 is 0 Å². The minimum absolute atomic E-state index is 0.0163. The van der Waals surface area contributed by atoms with Crippen molar-refractivity contribution in [2.75, 3.05) is 12.9 Å². The van der Waals surface area contributed by atoms with Gasteiger partial charge in [0.2, 0.25) is 10.0 Å². The van der Waals surface area contributed by atoms with Crippen molar-refractivity contribution in [2.24, 2.45) is 0 Å². The molecule has 0 aromatic heterocycles. The molecule has 0 aliphatic carbocycles. The number of hydrogen-bond donors (Lipinski definition) is 1. The quantitative estimate of drug-likeness (QED) is 0.837. The summed E-state index contributed by atoms with van der Waals surface area (Å²) in [6.07, 6.45) is 0.464. The summed E-state index contributed by atoms with van der Waals surface area (Å²) >= 11 is 3.31. The van der Waals surface area contributed by atoms with Gasteiger partial charge in [0.25, 0.3) is 0 Å². The van der Waals surface area contributed by atoms with E-state index in [-0.39, 0.29) is 5.75 Å². The van der Waals surface area contributed by atoms with E-state index < -0.39 is 10.0 Å². The zero-order valence-electron chi connectivity index (χ0n) is 8.23. The Morgan fingerprint density at radius 3 is 2.47 bits per heavy atom. The summed E-state index contributed by atoms with van der Waals surface area (Å²) in [7, 11) is -2.05. The van der Waals surface area contributed by atoms with Crippen LogP contribution in [-0.4, -0.2) is 21.3 Å².